The fraction of sp³-hybridized carbons (Fsp3) is 0.333. The van der Waals surface area contributed by atoms with Crippen molar-refractivity contribution in [3.05, 3.63) is 46.7 Å². The number of benzene rings is 1. The lowest BCUT2D eigenvalue weighted by Gasteiger charge is -2.19. The number of anilines is 1. The van der Waals surface area contributed by atoms with Crippen LogP contribution in [0.1, 0.15) is 24.9 Å². The quantitative estimate of drug-likeness (QED) is 0.892. The van der Waals surface area contributed by atoms with E-state index in [1.165, 1.54) is 0 Å². The van der Waals surface area contributed by atoms with E-state index in [0.29, 0.717) is 0 Å². The zero-order chi connectivity index (χ0) is 14.8. The van der Waals surface area contributed by atoms with Crippen molar-refractivity contribution in [2.24, 2.45) is 0 Å². The number of nitrogens with one attached hydrogen (secondary N) is 2. The van der Waals surface area contributed by atoms with Crippen LogP contribution in [0.3, 0.4) is 0 Å². The zero-order valence-electron chi connectivity index (χ0n) is 11.7. The molecule has 2 N–H and O–H groups in total. The van der Waals surface area contributed by atoms with Crippen LogP contribution >= 0.6 is 15.9 Å². The molecule has 1 aliphatic rings. The fourth-order valence-electron chi connectivity index (χ4n) is 2.63. The highest BCUT2D eigenvalue weighted by molar-refractivity contribution is 9.10. The summed E-state index contributed by atoms with van der Waals surface area (Å²) in [5.74, 6) is 0.128. The van der Waals surface area contributed by atoms with Crippen molar-refractivity contribution in [1.29, 1.82) is 0 Å². The molecule has 1 saturated heterocycles. The Labute approximate surface area is 131 Å². The third-order valence-electron chi connectivity index (χ3n) is 3.80. The Morgan fingerprint density at radius 3 is 3.10 bits per heavy atom. The summed E-state index contributed by atoms with van der Waals surface area (Å²) in [7, 11) is 0. The highest BCUT2D eigenvalue weighted by Crippen LogP contribution is 2.25. The molecule has 21 heavy (non-hydrogen) atoms. The molecule has 1 aromatic carbocycles. The van der Waals surface area contributed by atoms with Crippen molar-refractivity contribution >= 4 is 27.5 Å². The molecule has 0 saturated carbocycles. The first-order chi connectivity index (χ1) is 10.1. The number of carbonyl (C=O) groups excluding carboxylic acids is 1. The first kappa shape index (κ1) is 14.3. The van der Waals surface area contributed by atoms with E-state index in [1.54, 1.807) is 6.20 Å². The number of amides is 1. The highest BCUT2D eigenvalue weighted by atomic mass is 79.9. The maximum absolute atomic E-state index is 12.5. The van der Waals surface area contributed by atoms with Crippen LogP contribution in [0, 0.1) is 0 Å². The summed E-state index contributed by atoms with van der Waals surface area (Å²) >= 11 is 3.45. The van der Waals surface area contributed by atoms with Crippen LogP contribution < -0.4 is 10.2 Å². The second-order valence-electron chi connectivity index (χ2n) is 5.23. The molecule has 2 aromatic rings. The Kier molecular flexibility index (Phi) is 4.07. The van der Waals surface area contributed by atoms with Gasteiger partial charge in [0, 0.05) is 34.5 Å². The van der Waals surface area contributed by atoms with Gasteiger partial charge < -0.3 is 4.90 Å². The standard InChI is InChI=1S/C15H17BrN4O/c1-10(11-8-17-18-9-11)19-14-5-6-20(15(14)21)13-4-2-3-12(16)7-13/h2-4,7-10,14,19H,5-6H2,1H3,(H,17,18)/t10-,14-/m0/s1. The lowest BCUT2D eigenvalue weighted by molar-refractivity contribution is -0.119. The Morgan fingerprint density at radius 2 is 2.38 bits per heavy atom. The lowest BCUT2D eigenvalue weighted by Crippen LogP contribution is -2.39. The van der Waals surface area contributed by atoms with Crippen LogP contribution in [0.15, 0.2) is 41.1 Å². The van der Waals surface area contributed by atoms with E-state index in [1.807, 2.05) is 42.3 Å². The molecule has 6 heteroatoms. The average molecular weight is 349 g/mol. The molecule has 1 aromatic heterocycles. The Bertz CT molecular complexity index is 628. The van der Waals surface area contributed by atoms with E-state index in [9.17, 15) is 4.79 Å². The molecule has 0 aliphatic carbocycles. The molecule has 2 heterocycles. The van der Waals surface area contributed by atoms with Crippen molar-refractivity contribution in [2.45, 2.75) is 25.4 Å². The van der Waals surface area contributed by atoms with Gasteiger partial charge in [-0.3, -0.25) is 15.2 Å². The largest absolute Gasteiger partial charge is 0.311 e. The van der Waals surface area contributed by atoms with Crippen molar-refractivity contribution in [3.8, 4) is 0 Å². The molecule has 0 unspecified atom stereocenters. The van der Waals surface area contributed by atoms with E-state index in [4.69, 9.17) is 0 Å². The predicted octanol–water partition coefficient (Wildman–Crippen LogP) is 2.63. The smallest absolute Gasteiger partial charge is 0.244 e. The van der Waals surface area contributed by atoms with Crippen LogP contribution in [0.2, 0.25) is 0 Å². The Hall–Kier alpha value is -1.66. The summed E-state index contributed by atoms with van der Waals surface area (Å²) < 4.78 is 0.982. The number of rotatable bonds is 4. The van der Waals surface area contributed by atoms with Gasteiger partial charge in [-0.1, -0.05) is 22.0 Å². The van der Waals surface area contributed by atoms with Gasteiger partial charge in [0.05, 0.1) is 12.2 Å². The van der Waals surface area contributed by atoms with Gasteiger partial charge >= 0.3 is 0 Å². The monoisotopic (exact) mass is 348 g/mol. The topological polar surface area (TPSA) is 61.0 Å². The van der Waals surface area contributed by atoms with E-state index in [-0.39, 0.29) is 18.0 Å². The summed E-state index contributed by atoms with van der Waals surface area (Å²) in [6.45, 7) is 2.78. The van der Waals surface area contributed by atoms with Gasteiger partial charge in [0.1, 0.15) is 0 Å². The number of hydrogen-bond acceptors (Lipinski definition) is 3. The van der Waals surface area contributed by atoms with Gasteiger partial charge in [-0.05, 0) is 31.5 Å². The van der Waals surface area contributed by atoms with Gasteiger partial charge in [-0.15, -0.1) is 0 Å². The molecular weight excluding hydrogens is 332 g/mol. The van der Waals surface area contributed by atoms with Crippen molar-refractivity contribution in [2.75, 3.05) is 11.4 Å². The van der Waals surface area contributed by atoms with Crippen LogP contribution in [-0.2, 0) is 4.79 Å². The van der Waals surface area contributed by atoms with Gasteiger partial charge in [0.15, 0.2) is 0 Å². The van der Waals surface area contributed by atoms with Gasteiger partial charge in [-0.25, -0.2) is 0 Å². The van der Waals surface area contributed by atoms with Crippen LogP contribution in [0.25, 0.3) is 0 Å². The summed E-state index contributed by atoms with van der Waals surface area (Å²) in [4.78, 5) is 14.4. The predicted molar refractivity (Wildman–Crippen MR) is 85.0 cm³/mol. The lowest BCUT2D eigenvalue weighted by atomic mass is 10.1. The Balaban J connectivity index is 1.69. The van der Waals surface area contributed by atoms with Gasteiger partial charge in [0.2, 0.25) is 5.91 Å². The molecule has 0 bridgehead atoms. The number of carbonyl (C=O) groups is 1. The third-order valence-corrected chi connectivity index (χ3v) is 4.29. The first-order valence-electron chi connectivity index (χ1n) is 6.97. The van der Waals surface area contributed by atoms with Gasteiger partial charge in [-0.2, -0.15) is 5.10 Å². The zero-order valence-corrected chi connectivity index (χ0v) is 13.3. The summed E-state index contributed by atoms with van der Waals surface area (Å²) in [6.07, 6.45) is 4.44. The minimum atomic E-state index is -0.145. The molecule has 110 valence electrons. The van der Waals surface area contributed by atoms with Gasteiger partial charge in [0.25, 0.3) is 0 Å². The maximum Gasteiger partial charge on any atom is 0.244 e. The molecule has 3 rings (SSSR count). The number of aromatic amines is 1. The number of hydrogen-bond donors (Lipinski definition) is 2. The van der Waals surface area contributed by atoms with E-state index in [2.05, 4.69) is 31.4 Å². The second-order valence-corrected chi connectivity index (χ2v) is 6.15. The van der Waals surface area contributed by atoms with Crippen LogP contribution in [-0.4, -0.2) is 28.7 Å². The molecule has 1 aliphatic heterocycles. The number of aromatic nitrogens is 2. The van der Waals surface area contributed by atoms with Crippen molar-refractivity contribution in [1.82, 2.24) is 15.5 Å². The first-order valence-corrected chi connectivity index (χ1v) is 7.76. The highest BCUT2D eigenvalue weighted by Gasteiger charge is 2.33. The summed E-state index contributed by atoms with van der Waals surface area (Å²) in [5, 5.41) is 10.1. The van der Waals surface area contributed by atoms with Crippen molar-refractivity contribution in [3.63, 3.8) is 0 Å². The van der Waals surface area contributed by atoms with Crippen molar-refractivity contribution < 1.29 is 4.79 Å². The molecule has 2 atom stereocenters. The van der Waals surface area contributed by atoms with E-state index >= 15 is 0 Å². The minimum Gasteiger partial charge on any atom is -0.311 e. The van der Waals surface area contributed by atoms with Crippen LogP contribution in [0.5, 0.6) is 0 Å². The maximum atomic E-state index is 12.5. The molecule has 0 spiro atoms. The average Bonchev–Trinajstić information content (AvgIpc) is 3.10. The van der Waals surface area contributed by atoms with E-state index in [0.717, 1.165) is 28.7 Å². The number of nitrogens with zero attached hydrogens (tertiary/aromatic N) is 2. The summed E-state index contributed by atoms with van der Waals surface area (Å²) in [5.41, 5.74) is 2.00. The SMILES string of the molecule is C[C@H](N[C@H]1CCN(c2cccc(Br)c2)C1=O)c1cn[nH]c1. The molecular formula is C15H17BrN4O. The van der Waals surface area contributed by atoms with E-state index < -0.39 is 0 Å². The normalized spacial score (nSPS) is 20.0. The molecule has 1 amide bonds. The minimum absolute atomic E-state index is 0.0974. The molecule has 5 nitrogen and oxygen atoms in total. The third kappa shape index (κ3) is 3.01. The molecule has 0 radical (unpaired) electrons. The number of halogens is 1. The number of H-pyrrole nitrogens is 1. The Morgan fingerprint density at radius 1 is 1.52 bits per heavy atom. The summed E-state index contributed by atoms with van der Waals surface area (Å²) in [6, 6.07) is 7.79. The second kappa shape index (κ2) is 5.99. The van der Waals surface area contributed by atoms with Crippen LogP contribution in [0.4, 0.5) is 5.69 Å². The fourth-order valence-corrected chi connectivity index (χ4v) is 3.02. The molecule has 1 fully saturated rings.